The van der Waals surface area contributed by atoms with Crippen LogP contribution in [0.4, 0.5) is 0 Å². The van der Waals surface area contributed by atoms with Gasteiger partial charge in [0, 0.05) is 25.0 Å². The van der Waals surface area contributed by atoms with Gasteiger partial charge in [0.25, 0.3) is 0 Å². The SMILES string of the molecule is CC1(C)CNCCC1NS(=O)(=O)c1cccnc1. The Hall–Kier alpha value is -0.980. The van der Waals surface area contributed by atoms with Crippen LogP contribution >= 0.6 is 0 Å². The van der Waals surface area contributed by atoms with Gasteiger partial charge in [-0.15, -0.1) is 0 Å². The number of nitrogens with zero attached hydrogens (tertiary/aromatic N) is 1. The zero-order valence-electron chi connectivity index (χ0n) is 10.7. The van der Waals surface area contributed by atoms with E-state index in [0.717, 1.165) is 19.5 Å². The van der Waals surface area contributed by atoms with Gasteiger partial charge in [-0.05, 0) is 30.5 Å². The molecule has 1 atom stereocenters. The third kappa shape index (κ3) is 2.88. The van der Waals surface area contributed by atoms with E-state index < -0.39 is 10.0 Å². The average Bonchev–Trinajstić information content (AvgIpc) is 2.33. The third-order valence-electron chi connectivity index (χ3n) is 3.38. The van der Waals surface area contributed by atoms with Gasteiger partial charge in [-0.25, -0.2) is 13.1 Å². The fraction of sp³-hybridized carbons (Fsp3) is 0.583. The molecule has 2 heterocycles. The zero-order chi connectivity index (χ0) is 13.2. The second-order valence-electron chi connectivity index (χ2n) is 5.32. The number of pyridine rings is 1. The summed E-state index contributed by atoms with van der Waals surface area (Å²) < 4.78 is 27.2. The van der Waals surface area contributed by atoms with Crippen molar-refractivity contribution in [2.24, 2.45) is 5.41 Å². The topological polar surface area (TPSA) is 71.1 Å². The first kappa shape index (κ1) is 13.5. The van der Waals surface area contributed by atoms with Crippen LogP contribution < -0.4 is 10.0 Å². The number of hydrogen-bond donors (Lipinski definition) is 2. The maximum Gasteiger partial charge on any atom is 0.242 e. The molecule has 0 spiro atoms. The molecule has 0 radical (unpaired) electrons. The summed E-state index contributed by atoms with van der Waals surface area (Å²) in [7, 11) is -3.47. The first-order chi connectivity index (χ1) is 8.42. The maximum absolute atomic E-state index is 12.2. The molecule has 0 saturated carbocycles. The van der Waals surface area contributed by atoms with Gasteiger partial charge >= 0.3 is 0 Å². The molecule has 2 rings (SSSR count). The van der Waals surface area contributed by atoms with Crippen LogP contribution in [0.5, 0.6) is 0 Å². The summed E-state index contributed by atoms with van der Waals surface area (Å²) in [6.07, 6.45) is 3.73. The second-order valence-corrected chi connectivity index (χ2v) is 7.03. The van der Waals surface area contributed by atoms with E-state index in [9.17, 15) is 8.42 Å². The minimum atomic E-state index is -3.47. The number of aromatic nitrogens is 1. The maximum atomic E-state index is 12.2. The van der Waals surface area contributed by atoms with E-state index in [4.69, 9.17) is 0 Å². The Morgan fingerprint density at radius 1 is 1.50 bits per heavy atom. The summed E-state index contributed by atoms with van der Waals surface area (Å²) in [4.78, 5) is 4.07. The van der Waals surface area contributed by atoms with Crippen LogP contribution in [0.1, 0.15) is 20.3 Å². The molecule has 0 amide bonds. The predicted molar refractivity (Wildman–Crippen MR) is 69.6 cm³/mol. The molecule has 1 saturated heterocycles. The number of hydrogen-bond acceptors (Lipinski definition) is 4. The second kappa shape index (κ2) is 4.95. The largest absolute Gasteiger partial charge is 0.316 e. The number of rotatable bonds is 3. The molecule has 1 aromatic rings. The molecule has 1 aliphatic rings. The van der Waals surface area contributed by atoms with Crippen molar-refractivity contribution < 1.29 is 8.42 Å². The van der Waals surface area contributed by atoms with Crippen molar-refractivity contribution in [3.05, 3.63) is 24.5 Å². The first-order valence-corrected chi connectivity index (χ1v) is 7.53. The van der Waals surface area contributed by atoms with Crippen molar-refractivity contribution in [1.82, 2.24) is 15.0 Å². The van der Waals surface area contributed by atoms with Crippen LogP contribution in [0.15, 0.2) is 29.4 Å². The Morgan fingerprint density at radius 3 is 2.89 bits per heavy atom. The quantitative estimate of drug-likeness (QED) is 0.849. The third-order valence-corrected chi connectivity index (χ3v) is 4.83. The molecule has 2 N–H and O–H groups in total. The lowest BCUT2D eigenvalue weighted by molar-refractivity contribution is 0.206. The molecule has 6 heteroatoms. The Bertz CT molecular complexity index is 499. The van der Waals surface area contributed by atoms with Crippen LogP contribution in [0.3, 0.4) is 0 Å². The normalized spacial score (nSPS) is 23.8. The Labute approximate surface area is 108 Å². The summed E-state index contributed by atoms with van der Waals surface area (Å²) >= 11 is 0. The molecular weight excluding hydrogens is 250 g/mol. The first-order valence-electron chi connectivity index (χ1n) is 6.05. The fourth-order valence-electron chi connectivity index (χ4n) is 2.15. The number of nitrogens with one attached hydrogen (secondary N) is 2. The Morgan fingerprint density at radius 2 is 2.28 bits per heavy atom. The van der Waals surface area contributed by atoms with Crippen LogP contribution in [-0.2, 0) is 10.0 Å². The molecule has 0 aromatic carbocycles. The molecule has 1 fully saturated rings. The van der Waals surface area contributed by atoms with Gasteiger partial charge in [0.2, 0.25) is 10.0 Å². The monoisotopic (exact) mass is 269 g/mol. The molecule has 0 bridgehead atoms. The standard InChI is InChI=1S/C12H19N3O2S/c1-12(2)9-14-7-5-11(12)15-18(16,17)10-4-3-6-13-8-10/h3-4,6,8,11,14-15H,5,7,9H2,1-2H3. The van der Waals surface area contributed by atoms with Gasteiger partial charge < -0.3 is 5.32 Å². The Kier molecular flexibility index (Phi) is 3.70. The summed E-state index contributed by atoms with van der Waals surface area (Å²) in [6.45, 7) is 5.78. The highest BCUT2D eigenvalue weighted by Gasteiger charge is 2.35. The number of piperidine rings is 1. The van der Waals surface area contributed by atoms with Crippen molar-refractivity contribution in [2.45, 2.75) is 31.2 Å². The molecule has 0 aliphatic carbocycles. The van der Waals surface area contributed by atoms with Gasteiger partial charge in [-0.2, -0.15) is 0 Å². The van der Waals surface area contributed by atoms with E-state index >= 15 is 0 Å². The van der Waals surface area contributed by atoms with Crippen LogP contribution in [-0.4, -0.2) is 32.5 Å². The lowest BCUT2D eigenvalue weighted by Gasteiger charge is -2.39. The van der Waals surface area contributed by atoms with Gasteiger partial charge in [0.15, 0.2) is 0 Å². The number of sulfonamides is 1. The molecule has 18 heavy (non-hydrogen) atoms. The van der Waals surface area contributed by atoms with E-state index in [1.807, 2.05) is 0 Å². The van der Waals surface area contributed by atoms with Crippen LogP contribution in [0, 0.1) is 5.41 Å². The van der Waals surface area contributed by atoms with Crippen LogP contribution in [0.25, 0.3) is 0 Å². The van der Waals surface area contributed by atoms with Gasteiger partial charge in [0.05, 0.1) is 0 Å². The summed E-state index contributed by atoms with van der Waals surface area (Å²) in [6, 6.07) is 3.13. The highest BCUT2D eigenvalue weighted by Crippen LogP contribution is 2.26. The van der Waals surface area contributed by atoms with E-state index in [-0.39, 0.29) is 16.4 Å². The van der Waals surface area contributed by atoms with E-state index in [2.05, 4.69) is 28.9 Å². The summed E-state index contributed by atoms with van der Waals surface area (Å²) in [5, 5.41) is 3.28. The van der Waals surface area contributed by atoms with Crippen molar-refractivity contribution in [3.8, 4) is 0 Å². The van der Waals surface area contributed by atoms with Crippen molar-refractivity contribution in [1.29, 1.82) is 0 Å². The lowest BCUT2D eigenvalue weighted by atomic mass is 9.81. The molecular formula is C12H19N3O2S. The molecule has 1 aromatic heterocycles. The van der Waals surface area contributed by atoms with Crippen LogP contribution in [0.2, 0.25) is 0 Å². The van der Waals surface area contributed by atoms with Gasteiger partial charge in [-0.3, -0.25) is 4.98 Å². The van der Waals surface area contributed by atoms with Gasteiger partial charge in [-0.1, -0.05) is 13.8 Å². The smallest absolute Gasteiger partial charge is 0.242 e. The molecule has 1 unspecified atom stereocenters. The lowest BCUT2D eigenvalue weighted by Crippen LogP contribution is -2.54. The predicted octanol–water partition coefficient (Wildman–Crippen LogP) is 0.748. The van der Waals surface area contributed by atoms with Gasteiger partial charge in [0.1, 0.15) is 4.90 Å². The van der Waals surface area contributed by atoms with Crippen molar-refractivity contribution >= 4 is 10.0 Å². The Balaban J connectivity index is 2.18. The minimum Gasteiger partial charge on any atom is -0.316 e. The molecule has 1 aliphatic heterocycles. The van der Waals surface area contributed by atoms with E-state index in [1.165, 1.54) is 6.20 Å². The summed E-state index contributed by atoms with van der Waals surface area (Å²) in [5.41, 5.74) is -0.0898. The highest BCUT2D eigenvalue weighted by atomic mass is 32.2. The van der Waals surface area contributed by atoms with E-state index in [1.54, 1.807) is 18.3 Å². The average molecular weight is 269 g/mol. The molecule has 5 nitrogen and oxygen atoms in total. The fourth-order valence-corrected chi connectivity index (χ4v) is 3.56. The van der Waals surface area contributed by atoms with E-state index in [0.29, 0.717) is 0 Å². The molecule has 100 valence electrons. The zero-order valence-corrected chi connectivity index (χ0v) is 11.5. The van der Waals surface area contributed by atoms with Crippen molar-refractivity contribution in [2.75, 3.05) is 13.1 Å². The minimum absolute atomic E-state index is 0.0519. The highest BCUT2D eigenvalue weighted by molar-refractivity contribution is 7.89. The van der Waals surface area contributed by atoms with Crippen molar-refractivity contribution in [3.63, 3.8) is 0 Å². The summed E-state index contributed by atoms with van der Waals surface area (Å²) in [5.74, 6) is 0.